The van der Waals surface area contributed by atoms with Gasteiger partial charge in [-0.15, -0.1) is 11.8 Å². The minimum Gasteiger partial charge on any atom is -0.322 e. The second-order valence-electron chi connectivity index (χ2n) is 7.02. The topological polar surface area (TPSA) is 88.1 Å². The predicted molar refractivity (Wildman–Crippen MR) is 112 cm³/mol. The minimum atomic E-state index is -0.480. The molecular formula is C20H27N5O2S. The summed E-state index contributed by atoms with van der Waals surface area (Å²) in [5.74, 6) is 1.54. The first kappa shape index (κ1) is 20.4. The number of rotatable bonds is 7. The van der Waals surface area contributed by atoms with Gasteiger partial charge in [-0.25, -0.2) is 4.68 Å². The number of thioether (sulfide) groups is 1. The van der Waals surface area contributed by atoms with Gasteiger partial charge in [-0.1, -0.05) is 37.3 Å². The Bertz CT molecular complexity index is 823. The molecule has 2 aromatic rings. The molecule has 3 atom stereocenters. The van der Waals surface area contributed by atoms with E-state index in [2.05, 4.69) is 21.0 Å². The zero-order valence-electron chi connectivity index (χ0n) is 16.4. The normalized spacial score (nSPS) is 22.0. The van der Waals surface area contributed by atoms with Crippen LogP contribution in [0.4, 0.5) is 5.82 Å². The van der Waals surface area contributed by atoms with Crippen molar-refractivity contribution in [2.45, 2.75) is 45.3 Å². The van der Waals surface area contributed by atoms with Crippen molar-refractivity contribution in [2.75, 3.05) is 11.1 Å². The zero-order chi connectivity index (χ0) is 20.1. The fourth-order valence-electron chi connectivity index (χ4n) is 3.37. The summed E-state index contributed by atoms with van der Waals surface area (Å²) < 4.78 is 1.63. The second kappa shape index (κ2) is 9.25. The molecule has 1 aromatic carbocycles. The maximum absolute atomic E-state index is 12.4. The second-order valence-corrected chi connectivity index (χ2v) is 8.01. The Balaban J connectivity index is 1.60. The number of hydrogen-bond acceptors (Lipinski definition) is 5. The number of amides is 2. The maximum atomic E-state index is 12.4. The third kappa shape index (κ3) is 4.94. The number of nitrogens with zero attached hydrogens (tertiary/aromatic N) is 2. The molecule has 1 fully saturated rings. The Morgan fingerprint density at radius 1 is 1.32 bits per heavy atom. The van der Waals surface area contributed by atoms with Crippen LogP contribution in [0.25, 0.3) is 0 Å². The van der Waals surface area contributed by atoms with Crippen LogP contribution < -0.4 is 16.0 Å². The largest absolute Gasteiger partial charge is 0.322 e. The summed E-state index contributed by atoms with van der Waals surface area (Å²) in [6.45, 7) is 5.85. The number of carbonyl (C=O) groups is 2. The third-order valence-electron chi connectivity index (χ3n) is 4.79. The number of carbonyl (C=O) groups excluding carboxylic acids is 2. The Hall–Kier alpha value is -2.32. The van der Waals surface area contributed by atoms with Gasteiger partial charge in [-0.05, 0) is 25.8 Å². The van der Waals surface area contributed by atoms with Gasteiger partial charge < -0.3 is 10.6 Å². The summed E-state index contributed by atoms with van der Waals surface area (Å²) in [7, 11) is 0. The molecule has 8 heteroatoms. The van der Waals surface area contributed by atoms with Crippen LogP contribution in [0.2, 0.25) is 0 Å². The van der Waals surface area contributed by atoms with E-state index >= 15 is 0 Å². The molecule has 1 aliphatic rings. The summed E-state index contributed by atoms with van der Waals surface area (Å²) in [4.78, 5) is 24.7. The van der Waals surface area contributed by atoms with E-state index in [-0.39, 0.29) is 23.8 Å². The van der Waals surface area contributed by atoms with Crippen LogP contribution in [0.15, 0.2) is 36.4 Å². The summed E-state index contributed by atoms with van der Waals surface area (Å²) >= 11 is 1.56. The lowest BCUT2D eigenvalue weighted by atomic mass is 9.95. The van der Waals surface area contributed by atoms with Crippen molar-refractivity contribution in [3.05, 3.63) is 47.7 Å². The predicted octanol–water partition coefficient (Wildman–Crippen LogP) is 2.65. The number of benzene rings is 1. The van der Waals surface area contributed by atoms with E-state index in [0.717, 1.165) is 17.9 Å². The molecule has 3 N–H and O–H groups in total. The summed E-state index contributed by atoms with van der Waals surface area (Å²) in [6, 6.07) is 11.9. The van der Waals surface area contributed by atoms with E-state index in [1.807, 2.05) is 57.2 Å². The quantitative estimate of drug-likeness (QED) is 0.664. The van der Waals surface area contributed by atoms with Crippen molar-refractivity contribution in [1.29, 1.82) is 0 Å². The standard InChI is InChI=1S/C20H27N5O2S/c1-4-16-14(3)21-20(23-19(16)27)25-17(10-13(2)24-25)22-18(26)12-28-11-15-8-6-5-7-9-15/h5-10,14,16,20-21H,4,11-12H2,1-3H3,(H,22,26)(H,23,27). The molecular weight excluding hydrogens is 374 g/mol. The number of aromatic nitrogens is 2. The van der Waals surface area contributed by atoms with Gasteiger partial charge in [0.05, 0.1) is 17.4 Å². The molecule has 0 spiro atoms. The van der Waals surface area contributed by atoms with E-state index in [1.165, 1.54) is 5.56 Å². The van der Waals surface area contributed by atoms with Crippen molar-refractivity contribution < 1.29 is 9.59 Å². The summed E-state index contributed by atoms with van der Waals surface area (Å²) in [6.07, 6.45) is 0.291. The van der Waals surface area contributed by atoms with Crippen LogP contribution in [0.3, 0.4) is 0 Å². The lowest BCUT2D eigenvalue weighted by Crippen LogP contribution is -2.57. The average molecular weight is 402 g/mol. The van der Waals surface area contributed by atoms with Crippen LogP contribution in [0, 0.1) is 12.8 Å². The van der Waals surface area contributed by atoms with Gasteiger partial charge in [0, 0.05) is 17.9 Å². The highest BCUT2D eigenvalue weighted by Crippen LogP contribution is 2.21. The van der Waals surface area contributed by atoms with Crippen molar-refractivity contribution >= 4 is 29.4 Å². The van der Waals surface area contributed by atoms with E-state index < -0.39 is 6.29 Å². The average Bonchev–Trinajstić information content (AvgIpc) is 3.02. The van der Waals surface area contributed by atoms with E-state index in [9.17, 15) is 9.59 Å². The van der Waals surface area contributed by atoms with Crippen LogP contribution >= 0.6 is 11.8 Å². The van der Waals surface area contributed by atoms with Crippen molar-refractivity contribution in [3.63, 3.8) is 0 Å². The first-order chi connectivity index (χ1) is 13.5. The smallest absolute Gasteiger partial charge is 0.235 e. The van der Waals surface area contributed by atoms with E-state index in [0.29, 0.717) is 11.6 Å². The number of anilines is 1. The lowest BCUT2D eigenvalue weighted by molar-refractivity contribution is -0.130. The molecule has 28 heavy (non-hydrogen) atoms. The van der Waals surface area contributed by atoms with Gasteiger partial charge in [0.1, 0.15) is 5.82 Å². The van der Waals surface area contributed by atoms with Crippen molar-refractivity contribution in [3.8, 4) is 0 Å². The molecule has 7 nitrogen and oxygen atoms in total. The Morgan fingerprint density at radius 2 is 2.07 bits per heavy atom. The molecule has 0 bridgehead atoms. The van der Waals surface area contributed by atoms with Crippen LogP contribution in [-0.2, 0) is 15.3 Å². The minimum absolute atomic E-state index is 0.00240. The summed E-state index contributed by atoms with van der Waals surface area (Å²) in [5, 5.41) is 13.7. The number of hydrogen-bond donors (Lipinski definition) is 3. The van der Waals surface area contributed by atoms with Gasteiger partial charge in [0.2, 0.25) is 11.8 Å². The highest BCUT2D eigenvalue weighted by atomic mass is 32.2. The van der Waals surface area contributed by atoms with Gasteiger partial charge >= 0.3 is 0 Å². The molecule has 2 heterocycles. The van der Waals surface area contributed by atoms with Crippen LogP contribution in [-0.4, -0.2) is 33.4 Å². The van der Waals surface area contributed by atoms with Crippen LogP contribution in [0.5, 0.6) is 0 Å². The first-order valence-electron chi connectivity index (χ1n) is 9.52. The fraction of sp³-hybridized carbons (Fsp3) is 0.450. The summed E-state index contributed by atoms with van der Waals surface area (Å²) in [5.41, 5.74) is 1.96. The van der Waals surface area contributed by atoms with Crippen molar-refractivity contribution in [2.24, 2.45) is 5.92 Å². The number of aryl methyl sites for hydroxylation is 1. The molecule has 0 aliphatic carbocycles. The van der Waals surface area contributed by atoms with Gasteiger partial charge in [0.25, 0.3) is 0 Å². The Kier molecular flexibility index (Phi) is 6.74. The molecule has 1 saturated heterocycles. The molecule has 150 valence electrons. The molecule has 2 amide bonds. The highest BCUT2D eigenvalue weighted by Gasteiger charge is 2.34. The van der Waals surface area contributed by atoms with Gasteiger partial charge in [-0.2, -0.15) is 5.10 Å². The highest BCUT2D eigenvalue weighted by molar-refractivity contribution is 7.99. The third-order valence-corrected chi connectivity index (χ3v) is 5.80. The zero-order valence-corrected chi connectivity index (χ0v) is 17.3. The molecule has 3 unspecified atom stereocenters. The first-order valence-corrected chi connectivity index (χ1v) is 10.7. The molecule has 1 aliphatic heterocycles. The monoisotopic (exact) mass is 401 g/mol. The Morgan fingerprint density at radius 3 is 2.75 bits per heavy atom. The molecule has 3 rings (SSSR count). The van der Waals surface area contributed by atoms with E-state index in [4.69, 9.17) is 0 Å². The van der Waals surface area contributed by atoms with Gasteiger partial charge in [0.15, 0.2) is 6.29 Å². The SMILES string of the molecule is CCC1C(=O)NC(n2nc(C)cc2NC(=O)CSCc2ccccc2)NC1C. The van der Waals surface area contributed by atoms with E-state index in [1.54, 1.807) is 16.4 Å². The van der Waals surface area contributed by atoms with Crippen LogP contribution in [0.1, 0.15) is 37.8 Å². The lowest BCUT2D eigenvalue weighted by Gasteiger charge is -2.35. The fourth-order valence-corrected chi connectivity index (χ4v) is 4.16. The molecule has 0 radical (unpaired) electrons. The molecule has 0 saturated carbocycles. The number of nitrogens with one attached hydrogen (secondary N) is 3. The maximum Gasteiger partial charge on any atom is 0.235 e. The Labute approximate surface area is 169 Å². The van der Waals surface area contributed by atoms with Crippen molar-refractivity contribution in [1.82, 2.24) is 20.4 Å². The molecule has 1 aromatic heterocycles. The van der Waals surface area contributed by atoms with Gasteiger partial charge in [-0.3, -0.25) is 14.9 Å².